The fourth-order valence-corrected chi connectivity index (χ4v) is 2.75. The van der Waals surface area contributed by atoms with Crippen molar-refractivity contribution in [3.63, 3.8) is 0 Å². The first-order chi connectivity index (χ1) is 9.94. The molecule has 0 atom stereocenters. The van der Waals surface area contributed by atoms with Crippen LogP contribution in [-0.4, -0.2) is 24.4 Å². The van der Waals surface area contributed by atoms with Crippen molar-refractivity contribution in [2.24, 2.45) is 0 Å². The summed E-state index contributed by atoms with van der Waals surface area (Å²) >= 11 is 0. The highest BCUT2D eigenvalue weighted by Gasteiger charge is 2.11. The minimum atomic E-state index is -3.20. The second-order valence-electron chi connectivity index (χ2n) is 4.57. The quantitative estimate of drug-likeness (QED) is 0.739. The van der Waals surface area contributed by atoms with Gasteiger partial charge in [0.05, 0.1) is 10.6 Å². The zero-order chi connectivity index (χ0) is 15.5. The van der Waals surface area contributed by atoms with Gasteiger partial charge in [0.15, 0.2) is 21.3 Å². The van der Waals surface area contributed by atoms with Gasteiger partial charge in [-0.05, 0) is 30.3 Å². The van der Waals surface area contributed by atoms with Crippen molar-refractivity contribution in [2.75, 3.05) is 11.1 Å². The molecule has 0 saturated heterocycles. The maximum atomic E-state index is 11.7. The molecule has 6 heteroatoms. The molecule has 0 aliphatic heterocycles. The molecule has 0 bridgehead atoms. The van der Waals surface area contributed by atoms with E-state index in [0.717, 1.165) is 5.69 Å². The molecule has 0 unspecified atom stereocenters. The van der Waals surface area contributed by atoms with Crippen molar-refractivity contribution in [1.29, 1.82) is 0 Å². The van der Waals surface area contributed by atoms with E-state index in [9.17, 15) is 18.6 Å². The molecule has 0 heterocycles. The lowest BCUT2D eigenvalue weighted by atomic mass is 10.2. The van der Waals surface area contributed by atoms with Crippen LogP contribution in [0.1, 0.15) is 12.5 Å². The van der Waals surface area contributed by atoms with Gasteiger partial charge in [-0.1, -0.05) is 19.1 Å². The number of para-hydroxylation sites is 1. The van der Waals surface area contributed by atoms with Crippen LogP contribution >= 0.6 is 0 Å². The normalized spacial score (nSPS) is 11.3. The van der Waals surface area contributed by atoms with Crippen molar-refractivity contribution >= 4 is 15.5 Å². The summed E-state index contributed by atoms with van der Waals surface area (Å²) in [7, 11) is -3.20. The number of nitrogens with one attached hydrogen (secondary N) is 1. The Bertz CT molecular complexity index is 724. The smallest absolute Gasteiger partial charge is 0.178 e. The van der Waals surface area contributed by atoms with Crippen LogP contribution in [0, 0.1) is 0 Å². The summed E-state index contributed by atoms with van der Waals surface area (Å²) in [6.07, 6.45) is 0. The Morgan fingerprint density at radius 2 is 1.71 bits per heavy atom. The molecular formula is C15H17NO4S. The van der Waals surface area contributed by atoms with Crippen LogP contribution < -0.4 is 5.32 Å². The number of anilines is 1. The first-order valence-corrected chi connectivity index (χ1v) is 8.16. The van der Waals surface area contributed by atoms with Gasteiger partial charge in [0.1, 0.15) is 0 Å². The van der Waals surface area contributed by atoms with E-state index in [0.29, 0.717) is 12.1 Å². The lowest BCUT2D eigenvalue weighted by Crippen LogP contribution is -2.04. The fraction of sp³-hybridized carbons (Fsp3) is 0.200. The van der Waals surface area contributed by atoms with Gasteiger partial charge in [0.2, 0.25) is 0 Å². The molecule has 2 aromatic carbocycles. The van der Waals surface area contributed by atoms with Crippen LogP contribution in [0.3, 0.4) is 0 Å². The van der Waals surface area contributed by atoms with Crippen LogP contribution in [0.4, 0.5) is 5.69 Å². The standard InChI is InChI=1S/C15H17NO4S/c1-2-21(19,20)13-8-6-12(7-9-13)16-10-11-4-3-5-14(17)15(11)18/h3-9,16-18H,2,10H2,1H3. The summed E-state index contributed by atoms with van der Waals surface area (Å²) in [5.41, 5.74) is 1.29. The second kappa shape index (κ2) is 6.05. The highest BCUT2D eigenvalue weighted by molar-refractivity contribution is 7.91. The molecular weight excluding hydrogens is 290 g/mol. The Labute approximate surface area is 123 Å². The van der Waals surface area contributed by atoms with E-state index >= 15 is 0 Å². The number of rotatable bonds is 5. The van der Waals surface area contributed by atoms with Crippen LogP contribution in [0.25, 0.3) is 0 Å². The number of hydrogen-bond acceptors (Lipinski definition) is 5. The predicted octanol–water partition coefficient (Wildman–Crippen LogP) is 2.50. The molecule has 0 saturated carbocycles. The number of hydrogen-bond donors (Lipinski definition) is 3. The largest absolute Gasteiger partial charge is 0.504 e. The number of phenols is 2. The van der Waals surface area contributed by atoms with Crippen molar-refractivity contribution in [3.05, 3.63) is 48.0 Å². The lowest BCUT2D eigenvalue weighted by Gasteiger charge is -2.09. The molecule has 0 aromatic heterocycles. The van der Waals surface area contributed by atoms with Gasteiger partial charge in [0, 0.05) is 17.8 Å². The number of benzene rings is 2. The third-order valence-electron chi connectivity index (χ3n) is 3.17. The molecule has 0 aliphatic carbocycles. The summed E-state index contributed by atoms with van der Waals surface area (Å²) in [6.45, 7) is 1.92. The minimum Gasteiger partial charge on any atom is -0.504 e. The SMILES string of the molecule is CCS(=O)(=O)c1ccc(NCc2cccc(O)c2O)cc1. The van der Waals surface area contributed by atoms with E-state index in [2.05, 4.69) is 5.32 Å². The number of aromatic hydroxyl groups is 2. The molecule has 0 aliphatic rings. The maximum absolute atomic E-state index is 11.7. The van der Waals surface area contributed by atoms with Crippen LogP contribution in [-0.2, 0) is 16.4 Å². The third-order valence-corrected chi connectivity index (χ3v) is 4.93. The minimum absolute atomic E-state index is 0.0664. The number of phenolic OH excluding ortho intramolecular Hbond substituents is 2. The van der Waals surface area contributed by atoms with Gasteiger partial charge < -0.3 is 15.5 Å². The first kappa shape index (κ1) is 15.2. The average Bonchev–Trinajstić information content (AvgIpc) is 2.49. The molecule has 3 N–H and O–H groups in total. The maximum Gasteiger partial charge on any atom is 0.178 e. The zero-order valence-electron chi connectivity index (χ0n) is 11.6. The Kier molecular flexibility index (Phi) is 4.37. The molecule has 0 fully saturated rings. The van der Waals surface area contributed by atoms with Gasteiger partial charge in [-0.2, -0.15) is 0 Å². The Hall–Kier alpha value is -2.21. The van der Waals surface area contributed by atoms with E-state index in [4.69, 9.17) is 0 Å². The first-order valence-electron chi connectivity index (χ1n) is 6.50. The molecule has 2 aromatic rings. The van der Waals surface area contributed by atoms with Crippen LogP contribution in [0.2, 0.25) is 0 Å². The van der Waals surface area contributed by atoms with Gasteiger partial charge in [0.25, 0.3) is 0 Å². The van der Waals surface area contributed by atoms with E-state index in [1.54, 1.807) is 43.3 Å². The molecule has 0 radical (unpaired) electrons. The van der Waals surface area contributed by atoms with E-state index in [-0.39, 0.29) is 22.1 Å². The Morgan fingerprint density at radius 1 is 1.05 bits per heavy atom. The monoisotopic (exact) mass is 307 g/mol. The van der Waals surface area contributed by atoms with Crippen LogP contribution in [0.15, 0.2) is 47.4 Å². The fourth-order valence-electron chi connectivity index (χ4n) is 1.86. The van der Waals surface area contributed by atoms with Crippen molar-refractivity contribution in [3.8, 4) is 11.5 Å². The Morgan fingerprint density at radius 3 is 2.33 bits per heavy atom. The topological polar surface area (TPSA) is 86.6 Å². The molecule has 21 heavy (non-hydrogen) atoms. The molecule has 112 valence electrons. The summed E-state index contributed by atoms with van der Waals surface area (Å²) in [6, 6.07) is 11.2. The van der Waals surface area contributed by atoms with Gasteiger partial charge in [-0.3, -0.25) is 0 Å². The predicted molar refractivity (Wildman–Crippen MR) is 81.3 cm³/mol. The van der Waals surface area contributed by atoms with Gasteiger partial charge >= 0.3 is 0 Å². The molecule has 0 amide bonds. The lowest BCUT2D eigenvalue weighted by molar-refractivity contribution is 0.400. The van der Waals surface area contributed by atoms with Crippen molar-refractivity contribution in [1.82, 2.24) is 0 Å². The van der Waals surface area contributed by atoms with Crippen molar-refractivity contribution < 1.29 is 18.6 Å². The number of sulfone groups is 1. The zero-order valence-corrected chi connectivity index (χ0v) is 12.4. The van der Waals surface area contributed by atoms with E-state index in [1.807, 2.05) is 0 Å². The van der Waals surface area contributed by atoms with Gasteiger partial charge in [-0.25, -0.2) is 8.42 Å². The Balaban J connectivity index is 2.09. The van der Waals surface area contributed by atoms with Gasteiger partial charge in [-0.15, -0.1) is 0 Å². The van der Waals surface area contributed by atoms with Crippen molar-refractivity contribution in [2.45, 2.75) is 18.4 Å². The summed E-state index contributed by atoms with van der Waals surface area (Å²) < 4.78 is 23.4. The second-order valence-corrected chi connectivity index (χ2v) is 6.84. The molecule has 5 nitrogen and oxygen atoms in total. The third kappa shape index (κ3) is 3.46. The molecule has 2 rings (SSSR count). The highest BCUT2D eigenvalue weighted by Crippen LogP contribution is 2.28. The van der Waals surface area contributed by atoms with E-state index < -0.39 is 9.84 Å². The van der Waals surface area contributed by atoms with Crippen LogP contribution in [0.5, 0.6) is 11.5 Å². The average molecular weight is 307 g/mol. The highest BCUT2D eigenvalue weighted by atomic mass is 32.2. The summed E-state index contributed by atoms with van der Waals surface area (Å²) in [5, 5.41) is 22.2. The van der Waals surface area contributed by atoms with E-state index in [1.165, 1.54) is 6.07 Å². The summed E-state index contributed by atoms with van der Waals surface area (Å²) in [5.74, 6) is -0.259. The molecule has 0 spiro atoms. The summed E-state index contributed by atoms with van der Waals surface area (Å²) in [4.78, 5) is 0.288.